The van der Waals surface area contributed by atoms with Crippen molar-refractivity contribution in [1.82, 2.24) is 0 Å². The first-order valence-corrected chi connectivity index (χ1v) is 8.17. The van der Waals surface area contributed by atoms with E-state index in [9.17, 15) is 9.90 Å². The van der Waals surface area contributed by atoms with Gasteiger partial charge in [0.1, 0.15) is 16.7 Å². The summed E-state index contributed by atoms with van der Waals surface area (Å²) in [6, 6.07) is 11.8. The minimum Gasteiger partial charge on any atom is -0.502 e. The number of rotatable bonds is 5. The van der Waals surface area contributed by atoms with Crippen LogP contribution in [0.15, 0.2) is 63.8 Å². The van der Waals surface area contributed by atoms with E-state index in [4.69, 9.17) is 20.8 Å². The first kappa shape index (κ1) is 17.1. The Hall–Kier alpha value is -2.72. The molecule has 5 heteroatoms. The highest BCUT2D eigenvalue weighted by atomic mass is 35.5. The highest BCUT2D eigenvalue weighted by molar-refractivity contribution is 6.30. The van der Waals surface area contributed by atoms with E-state index in [-0.39, 0.29) is 11.1 Å². The van der Waals surface area contributed by atoms with Crippen molar-refractivity contribution in [3.63, 3.8) is 0 Å². The van der Waals surface area contributed by atoms with E-state index in [0.29, 0.717) is 34.9 Å². The number of ether oxygens (including phenoxy) is 1. The molecule has 0 amide bonds. The highest BCUT2D eigenvalue weighted by Crippen LogP contribution is 2.33. The summed E-state index contributed by atoms with van der Waals surface area (Å²) in [5.41, 5.74) is 1.37. The van der Waals surface area contributed by atoms with Gasteiger partial charge in [0.05, 0.1) is 6.61 Å². The van der Waals surface area contributed by atoms with Gasteiger partial charge in [-0.3, -0.25) is 4.79 Å². The Morgan fingerprint density at radius 2 is 1.96 bits per heavy atom. The molecule has 0 bridgehead atoms. The first-order valence-electron chi connectivity index (χ1n) is 7.79. The van der Waals surface area contributed by atoms with E-state index in [1.807, 2.05) is 6.92 Å². The lowest BCUT2D eigenvalue weighted by molar-refractivity contribution is 0.324. The fourth-order valence-electron chi connectivity index (χ4n) is 2.45. The number of fused-ring (bicyclic) bond motifs is 1. The van der Waals surface area contributed by atoms with Crippen molar-refractivity contribution in [1.29, 1.82) is 0 Å². The zero-order chi connectivity index (χ0) is 18.0. The summed E-state index contributed by atoms with van der Waals surface area (Å²) in [5, 5.41) is 11.1. The molecule has 0 spiro atoms. The number of halogens is 1. The Balaban J connectivity index is 2.10. The average Bonchev–Trinajstić information content (AvgIpc) is 2.58. The van der Waals surface area contributed by atoms with Crippen LogP contribution in [-0.2, 0) is 0 Å². The minimum absolute atomic E-state index is 0.105. The molecule has 0 unspecified atom stereocenters. The average molecular weight is 357 g/mol. The quantitative estimate of drug-likeness (QED) is 0.641. The van der Waals surface area contributed by atoms with Crippen LogP contribution >= 0.6 is 11.6 Å². The van der Waals surface area contributed by atoms with Crippen LogP contribution in [0.5, 0.6) is 11.5 Å². The van der Waals surface area contributed by atoms with Gasteiger partial charge in [-0.25, -0.2) is 0 Å². The van der Waals surface area contributed by atoms with Crippen LogP contribution in [0.1, 0.15) is 13.3 Å². The topological polar surface area (TPSA) is 59.7 Å². The molecule has 0 fully saturated rings. The van der Waals surface area contributed by atoms with Crippen molar-refractivity contribution < 1.29 is 14.3 Å². The van der Waals surface area contributed by atoms with E-state index >= 15 is 0 Å². The molecule has 4 nitrogen and oxygen atoms in total. The lowest BCUT2D eigenvalue weighted by Gasteiger charge is -2.10. The van der Waals surface area contributed by atoms with Crippen LogP contribution in [0.2, 0.25) is 5.02 Å². The van der Waals surface area contributed by atoms with Crippen molar-refractivity contribution in [2.45, 2.75) is 13.3 Å². The summed E-state index contributed by atoms with van der Waals surface area (Å²) in [6.45, 7) is 6.13. The van der Waals surface area contributed by atoms with E-state index in [1.165, 1.54) is 0 Å². The maximum atomic E-state index is 12.7. The molecular formula is C20H17ClO4. The number of benzene rings is 2. The molecule has 0 radical (unpaired) electrons. The number of hydrogen-bond acceptors (Lipinski definition) is 4. The molecule has 128 valence electrons. The molecule has 0 saturated heterocycles. The van der Waals surface area contributed by atoms with Crippen molar-refractivity contribution in [2.75, 3.05) is 6.61 Å². The molecule has 0 aliphatic heterocycles. The Labute approximate surface area is 149 Å². The number of hydrogen-bond donors (Lipinski definition) is 1. The Morgan fingerprint density at radius 1 is 1.24 bits per heavy atom. The normalized spacial score (nSPS) is 10.8. The zero-order valence-electron chi connectivity index (χ0n) is 13.7. The predicted molar refractivity (Wildman–Crippen MR) is 99.5 cm³/mol. The van der Waals surface area contributed by atoms with Gasteiger partial charge in [0.15, 0.2) is 5.76 Å². The van der Waals surface area contributed by atoms with Gasteiger partial charge < -0.3 is 14.3 Å². The first-order chi connectivity index (χ1) is 12.0. The van der Waals surface area contributed by atoms with Crippen molar-refractivity contribution in [3.05, 3.63) is 69.9 Å². The fourth-order valence-corrected chi connectivity index (χ4v) is 2.58. The van der Waals surface area contributed by atoms with Crippen LogP contribution < -0.4 is 10.2 Å². The molecule has 1 N–H and O–H groups in total. The van der Waals surface area contributed by atoms with Gasteiger partial charge in [0.2, 0.25) is 11.2 Å². The van der Waals surface area contributed by atoms with E-state index in [1.54, 1.807) is 42.5 Å². The van der Waals surface area contributed by atoms with Crippen LogP contribution in [0.4, 0.5) is 0 Å². The molecular weight excluding hydrogens is 340 g/mol. The highest BCUT2D eigenvalue weighted by Gasteiger charge is 2.18. The Kier molecular flexibility index (Phi) is 4.81. The second-order valence-corrected chi connectivity index (χ2v) is 6.24. The van der Waals surface area contributed by atoms with Gasteiger partial charge in [0.25, 0.3) is 0 Å². The second kappa shape index (κ2) is 7.03. The monoisotopic (exact) mass is 356 g/mol. The van der Waals surface area contributed by atoms with Gasteiger partial charge in [-0.2, -0.15) is 0 Å². The molecule has 1 aromatic heterocycles. The van der Waals surface area contributed by atoms with Crippen LogP contribution in [0, 0.1) is 0 Å². The summed E-state index contributed by atoms with van der Waals surface area (Å²) in [4.78, 5) is 12.7. The summed E-state index contributed by atoms with van der Waals surface area (Å²) in [5.74, 6) is 0.0319. The second-order valence-electron chi connectivity index (χ2n) is 5.80. The standard InChI is InChI=1S/C20H17ClO4/c1-12(2)10-11-24-15-4-3-5-16-17(15)18(22)19(23)20(25-16)13-6-8-14(21)9-7-13/h3-9,23H,1,10-11H2,2H3. The predicted octanol–water partition coefficient (Wildman–Crippen LogP) is 5.16. The molecule has 0 atom stereocenters. The van der Waals surface area contributed by atoms with E-state index in [0.717, 1.165) is 5.57 Å². The Morgan fingerprint density at radius 3 is 2.64 bits per heavy atom. The SMILES string of the molecule is C=C(C)CCOc1cccc2oc(-c3ccc(Cl)cc3)c(O)c(=O)c12. The third kappa shape index (κ3) is 3.54. The van der Waals surface area contributed by atoms with Crippen LogP contribution in [0.25, 0.3) is 22.3 Å². The molecule has 0 saturated carbocycles. The lowest BCUT2D eigenvalue weighted by atomic mass is 10.1. The third-order valence-corrected chi connectivity index (χ3v) is 4.00. The summed E-state index contributed by atoms with van der Waals surface area (Å²) < 4.78 is 11.5. The van der Waals surface area contributed by atoms with Gasteiger partial charge >= 0.3 is 0 Å². The van der Waals surface area contributed by atoms with E-state index in [2.05, 4.69) is 6.58 Å². The maximum Gasteiger partial charge on any atom is 0.238 e. The van der Waals surface area contributed by atoms with Gasteiger partial charge in [0, 0.05) is 17.0 Å². The number of aromatic hydroxyl groups is 1. The summed E-state index contributed by atoms with van der Waals surface area (Å²) >= 11 is 5.88. The largest absolute Gasteiger partial charge is 0.502 e. The minimum atomic E-state index is -0.530. The van der Waals surface area contributed by atoms with Crippen molar-refractivity contribution >= 4 is 22.6 Å². The molecule has 25 heavy (non-hydrogen) atoms. The van der Waals surface area contributed by atoms with E-state index < -0.39 is 11.2 Å². The Bertz CT molecular complexity index is 987. The smallest absolute Gasteiger partial charge is 0.238 e. The van der Waals surface area contributed by atoms with Crippen LogP contribution in [0.3, 0.4) is 0 Å². The summed E-state index contributed by atoms with van der Waals surface area (Å²) in [6.07, 6.45) is 0.677. The molecule has 0 aliphatic rings. The van der Waals surface area contributed by atoms with Crippen molar-refractivity contribution in [2.24, 2.45) is 0 Å². The van der Waals surface area contributed by atoms with Crippen LogP contribution in [-0.4, -0.2) is 11.7 Å². The molecule has 3 aromatic rings. The molecule has 3 rings (SSSR count). The van der Waals surface area contributed by atoms with Gasteiger partial charge in [-0.05, 0) is 43.3 Å². The lowest BCUT2D eigenvalue weighted by Crippen LogP contribution is -2.06. The van der Waals surface area contributed by atoms with Gasteiger partial charge in [-0.1, -0.05) is 23.2 Å². The molecule has 2 aromatic carbocycles. The zero-order valence-corrected chi connectivity index (χ0v) is 14.5. The summed E-state index contributed by atoms with van der Waals surface area (Å²) in [7, 11) is 0. The molecule has 0 aliphatic carbocycles. The van der Waals surface area contributed by atoms with Gasteiger partial charge in [-0.15, -0.1) is 6.58 Å². The van der Waals surface area contributed by atoms with Crippen molar-refractivity contribution in [3.8, 4) is 22.8 Å². The molecule has 1 heterocycles. The third-order valence-electron chi connectivity index (χ3n) is 3.75. The maximum absolute atomic E-state index is 12.7. The fraction of sp³-hybridized carbons (Fsp3) is 0.150.